The van der Waals surface area contributed by atoms with E-state index in [-0.39, 0.29) is 0 Å². The van der Waals surface area contributed by atoms with Crippen LogP contribution in [0.25, 0.3) is 0 Å². The van der Waals surface area contributed by atoms with Gasteiger partial charge in [0.15, 0.2) is 0 Å². The zero-order valence-electron chi connectivity index (χ0n) is 12.8. The van der Waals surface area contributed by atoms with E-state index in [1.165, 1.54) is 31.5 Å². The van der Waals surface area contributed by atoms with Crippen LogP contribution in [-0.4, -0.2) is 42.7 Å². The highest BCUT2D eigenvalue weighted by Crippen LogP contribution is 2.14. The van der Waals surface area contributed by atoms with Gasteiger partial charge in [0, 0.05) is 24.8 Å². The van der Waals surface area contributed by atoms with Crippen molar-refractivity contribution in [2.24, 2.45) is 0 Å². The van der Waals surface area contributed by atoms with Gasteiger partial charge in [-0.1, -0.05) is 13.8 Å². The number of nitrogens with zero attached hydrogens (tertiary/aromatic N) is 2. The molecule has 0 amide bonds. The third-order valence-electron chi connectivity index (χ3n) is 3.71. The fraction of sp³-hybridized carbons (Fsp3) is 0.688. The first kappa shape index (κ1) is 15.3. The molecule has 0 saturated carbocycles. The molecule has 20 heavy (non-hydrogen) atoms. The number of ether oxygens (including phenoxy) is 1. The topological polar surface area (TPSA) is 37.4 Å². The van der Waals surface area contributed by atoms with Crippen LogP contribution in [0.5, 0.6) is 5.88 Å². The van der Waals surface area contributed by atoms with Crippen molar-refractivity contribution < 1.29 is 4.74 Å². The molecule has 4 heteroatoms. The molecule has 0 atom stereocenters. The van der Waals surface area contributed by atoms with Crippen LogP contribution in [0.2, 0.25) is 0 Å². The summed E-state index contributed by atoms with van der Waals surface area (Å²) in [5.41, 5.74) is 2.37. The number of hydrogen-bond donors (Lipinski definition) is 1. The smallest absolute Gasteiger partial charge is 0.213 e. The molecule has 0 unspecified atom stereocenters. The number of likely N-dealkylation sites (tertiary alicyclic amines) is 1. The number of pyridine rings is 1. The van der Waals surface area contributed by atoms with Crippen LogP contribution < -0.4 is 10.1 Å². The van der Waals surface area contributed by atoms with Crippen LogP contribution in [0.4, 0.5) is 0 Å². The SMILES string of the molecule is CCNCc1cc(CC)nc(OCCN2CCCC2)c1. The zero-order chi connectivity index (χ0) is 14.2. The summed E-state index contributed by atoms with van der Waals surface area (Å²) in [4.78, 5) is 7.02. The van der Waals surface area contributed by atoms with Gasteiger partial charge in [-0.15, -0.1) is 0 Å². The van der Waals surface area contributed by atoms with Crippen LogP contribution in [0.3, 0.4) is 0 Å². The molecule has 0 aromatic carbocycles. The highest BCUT2D eigenvalue weighted by molar-refractivity contribution is 5.25. The first-order chi connectivity index (χ1) is 9.81. The quantitative estimate of drug-likeness (QED) is 0.790. The number of nitrogens with one attached hydrogen (secondary N) is 1. The van der Waals surface area contributed by atoms with Gasteiger partial charge >= 0.3 is 0 Å². The third kappa shape index (κ3) is 4.76. The van der Waals surface area contributed by atoms with Crippen LogP contribution in [-0.2, 0) is 13.0 Å². The largest absolute Gasteiger partial charge is 0.476 e. The molecule has 1 aromatic rings. The summed E-state index contributed by atoms with van der Waals surface area (Å²) in [7, 11) is 0. The van der Waals surface area contributed by atoms with E-state index in [4.69, 9.17) is 4.74 Å². The lowest BCUT2D eigenvalue weighted by Gasteiger charge is -2.15. The highest BCUT2D eigenvalue weighted by atomic mass is 16.5. The van der Waals surface area contributed by atoms with E-state index >= 15 is 0 Å². The molecule has 0 radical (unpaired) electrons. The molecule has 112 valence electrons. The summed E-state index contributed by atoms with van der Waals surface area (Å²) in [6.07, 6.45) is 3.61. The van der Waals surface area contributed by atoms with E-state index in [1.54, 1.807) is 0 Å². The molecule has 1 saturated heterocycles. The van der Waals surface area contributed by atoms with Crippen molar-refractivity contribution in [3.8, 4) is 5.88 Å². The minimum absolute atomic E-state index is 0.737. The maximum atomic E-state index is 5.85. The van der Waals surface area contributed by atoms with Gasteiger partial charge in [-0.3, -0.25) is 4.90 Å². The van der Waals surface area contributed by atoms with Crippen molar-refractivity contribution in [1.82, 2.24) is 15.2 Å². The molecule has 0 aliphatic carbocycles. The monoisotopic (exact) mass is 277 g/mol. The molecule has 1 aliphatic rings. The van der Waals surface area contributed by atoms with E-state index in [9.17, 15) is 0 Å². The Kier molecular flexibility index (Phi) is 6.27. The standard InChI is InChI=1S/C16H27N3O/c1-3-15-11-14(13-17-4-2)12-16(18-15)20-10-9-19-7-5-6-8-19/h11-12,17H,3-10,13H2,1-2H3. The van der Waals surface area contributed by atoms with Crippen LogP contribution in [0, 0.1) is 0 Å². The summed E-state index contributed by atoms with van der Waals surface area (Å²) < 4.78 is 5.85. The number of hydrogen-bond acceptors (Lipinski definition) is 4. The average molecular weight is 277 g/mol. The normalized spacial score (nSPS) is 15.7. The first-order valence-electron chi connectivity index (χ1n) is 7.87. The Bertz CT molecular complexity index is 403. The van der Waals surface area contributed by atoms with E-state index in [1.807, 2.05) is 0 Å². The Morgan fingerprint density at radius 3 is 2.75 bits per heavy atom. The molecule has 2 rings (SSSR count). The van der Waals surface area contributed by atoms with E-state index in [0.717, 1.165) is 44.2 Å². The maximum absolute atomic E-state index is 5.85. The summed E-state index contributed by atoms with van der Waals surface area (Å²) in [6.45, 7) is 10.3. The fourth-order valence-corrected chi connectivity index (χ4v) is 2.53. The second-order valence-corrected chi connectivity index (χ2v) is 5.34. The molecule has 2 heterocycles. The van der Waals surface area contributed by atoms with Crippen LogP contribution >= 0.6 is 0 Å². The number of aromatic nitrogens is 1. The molecule has 0 bridgehead atoms. The number of aryl methyl sites for hydroxylation is 1. The molecule has 1 fully saturated rings. The van der Waals surface area contributed by atoms with Gasteiger partial charge in [0.2, 0.25) is 5.88 Å². The fourth-order valence-electron chi connectivity index (χ4n) is 2.53. The Balaban J connectivity index is 1.87. The molecule has 1 aromatic heterocycles. The van der Waals surface area contributed by atoms with E-state index in [0.29, 0.717) is 0 Å². The van der Waals surface area contributed by atoms with Gasteiger partial charge in [0.25, 0.3) is 0 Å². The highest BCUT2D eigenvalue weighted by Gasteiger charge is 2.11. The summed E-state index contributed by atoms with van der Waals surface area (Å²) in [5, 5.41) is 3.35. The van der Waals surface area contributed by atoms with Crippen LogP contribution in [0.15, 0.2) is 12.1 Å². The zero-order valence-corrected chi connectivity index (χ0v) is 12.8. The minimum atomic E-state index is 0.737. The van der Waals surface area contributed by atoms with Gasteiger partial charge in [-0.25, -0.2) is 4.98 Å². The minimum Gasteiger partial charge on any atom is -0.476 e. The van der Waals surface area contributed by atoms with Gasteiger partial charge in [-0.2, -0.15) is 0 Å². The van der Waals surface area contributed by atoms with Gasteiger partial charge in [0.1, 0.15) is 6.61 Å². The van der Waals surface area contributed by atoms with Crippen LogP contribution in [0.1, 0.15) is 37.9 Å². The summed E-state index contributed by atoms with van der Waals surface area (Å²) in [6, 6.07) is 4.22. The Morgan fingerprint density at radius 2 is 2.05 bits per heavy atom. The van der Waals surface area contributed by atoms with Crippen molar-refractivity contribution in [3.63, 3.8) is 0 Å². The molecule has 4 nitrogen and oxygen atoms in total. The van der Waals surface area contributed by atoms with Crippen molar-refractivity contribution in [2.75, 3.05) is 32.8 Å². The predicted molar refractivity (Wildman–Crippen MR) is 82.2 cm³/mol. The Hall–Kier alpha value is -1.13. The van der Waals surface area contributed by atoms with E-state index in [2.05, 4.69) is 41.2 Å². The third-order valence-corrected chi connectivity index (χ3v) is 3.71. The lowest BCUT2D eigenvalue weighted by Crippen LogP contribution is -2.25. The van der Waals surface area contributed by atoms with Gasteiger partial charge in [0.05, 0.1) is 0 Å². The van der Waals surface area contributed by atoms with E-state index < -0.39 is 0 Å². The first-order valence-corrected chi connectivity index (χ1v) is 7.87. The lowest BCUT2D eigenvalue weighted by atomic mass is 10.2. The van der Waals surface area contributed by atoms with Crippen molar-refractivity contribution in [3.05, 3.63) is 23.4 Å². The number of rotatable bonds is 8. The molecule has 0 spiro atoms. The maximum Gasteiger partial charge on any atom is 0.213 e. The summed E-state index contributed by atoms with van der Waals surface area (Å²) in [5.74, 6) is 0.774. The van der Waals surface area contributed by atoms with Gasteiger partial charge in [-0.05, 0) is 50.5 Å². The molecule has 1 N–H and O–H groups in total. The lowest BCUT2D eigenvalue weighted by molar-refractivity contribution is 0.231. The van der Waals surface area contributed by atoms with Crippen molar-refractivity contribution in [2.45, 2.75) is 39.7 Å². The molecule has 1 aliphatic heterocycles. The van der Waals surface area contributed by atoms with Gasteiger partial charge < -0.3 is 10.1 Å². The summed E-state index contributed by atoms with van der Waals surface area (Å²) >= 11 is 0. The Morgan fingerprint density at radius 1 is 1.25 bits per heavy atom. The second kappa shape index (κ2) is 8.22. The average Bonchev–Trinajstić information content (AvgIpc) is 2.98. The second-order valence-electron chi connectivity index (χ2n) is 5.34. The Labute approximate surface area is 122 Å². The van der Waals surface area contributed by atoms with Crippen molar-refractivity contribution >= 4 is 0 Å². The van der Waals surface area contributed by atoms with Crippen molar-refractivity contribution in [1.29, 1.82) is 0 Å². The molecular weight excluding hydrogens is 250 g/mol. The predicted octanol–water partition coefficient (Wildman–Crippen LogP) is 2.23. The molecular formula is C16H27N3O.